The highest BCUT2D eigenvalue weighted by atomic mass is 16.6. The van der Waals surface area contributed by atoms with Gasteiger partial charge in [-0.3, -0.25) is 9.59 Å². The molecule has 5 nitrogen and oxygen atoms in total. The third kappa shape index (κ3) is 56.4. The number of hydrogen-bond acceptors (Lipinski definition) is 5. The fraction of sp³-hybridized carbons (Fsp3) is 0.841. The molecule has 0 saturated heterocycles. The van der Waals surface area contributed by atoms with Crippen molar-refractivity contribution in [2.45, 2.75) is 328 Å². The average Bonchev–Trinajstić information content (AvgIpc) is 3.34. The van der Waals surface area contributed by atoms with E-state index in [1.165, 1.54) is 238 Å². The zero-order valence-corrected chi connectivity index (χ0v) is 45.6. The van der Waals surface area contributed by atoms with Crippen LogP contribution in [0.1, 0.15) is 322 Å². The molecule has 0 aliphatic heterocycles. The molecule has 0 heterocycles. The summed E-state index contributed by atoms with van der Waals surface area (Å²) < 4.78 is 10.7. The first-order valence-corrected chi connectivity index (χ1v) is 30.2. The second-order valence-electron chi connectivity index (χ2n) is 20.4. The maximum Gasteiger partial charge on any atom is 0.306 e. The van der Waals surface area contributed by atoms with Crippen molar-refractivity contribution in [1.29, 1.82) is 0 Å². The van der Waals surface area contributed by atoms with E-state index >= 15 is 0 Å². The molecule has 5 heteroatoms. The molecule has 0 spiro atoms. The summed E-state index contributed by atoms with van der Waals surface area (Å²) in [5.74, 6) is -0.570. The summed E-state index contributed by atoms with van der Waals surface area (Å²) in [4.78, 5) is 24.5. The van der Waals surface area contributed by atoms with E-state index in [9.17, 15) is 14.7 Å². The normalized spacial score (nSPS) is 12.5. The maximum atomic E-state index is 12.3. The van der Waals surface area contributed by atoms with E-state index in [1.807, 2.05) is 0 Å². The lowest BCUT2D eigenvalue weighted by Crippen LogP contribution is -2.28. The van der Waals surface area contributed by atoms with Gasteiger partial charge in [-0.15, -0.1) is 0 Å². The fourth-order valence-electron chi connectivity index (χ4n) is 9.14. The quantitative estimate of drug-likeness (QED) is 0.0374. The molecule has 0 aliphatic rings. The zero-order valence-electron chi connectivity index (χ0n) is 45.6. The molecule has 0 aliphatic carbocycles. The number of allylic oxidation sites excluding steroid dienone is 8. The summed E-state index contributed by atoms with van der Waals surface area (Å²) in [5, 5.41) is 9.67. The smallest absolute Gasteiger partial charge is 0.306 e. The van der Waals surface area contributed by atoms with Gasteiger partial charge in [-0.05, 0) is 51.4 Å². The molecule has 0 amide bonds. The van der Waals surface area contributed by atoms with Crippen LogP contribution in [0.4, 0.5) is 0 Å². The molecule has 0 aromatic rings. The Labute approximate surface area is 424 Å². The molecule has 1 atom stereocenters. The van der Waals surface area contributed by atoms with Crippen LogP contribution in [0, 0.1) is 0 Å². The first-order valence-electron chi connectivity index (χ1n) is 30.2. The molecular formula is C63H116O5. The van der Waals surface area contributed by atoms with Gasteiger partial charge in [-0.25, -0.2) is 0 Å². The van der Waals surface area contributed by atoms with Crippen molar-refractivity contribution in [2.75, 3.05) is 13.2 Å². The van der Waals surface area contributed by atoms with E-state index in [1.54, 1.807) is 0 Å². The largest absolute Gasteiger partial charge is 0.462 e. The van der Waals surface area contributed by atoms with Crippen molar-refractivity contribution in [3.05, 3.63) is 48.6 Å². The Hall–Kier alpha value is -2.14. The standard InChI is InChI=1S/C63H116O5/c1-3-5-7-9-11-13-15-17-19-21-23-25-26-27-28-29-30-31-32-33-34-35-36-38-40-42-44-46-48-50-52-54-56-58-63(66)68-61(59-64)60-67-62(65)57-55-53-51-49-47-45-43-41-39-37-24-22-20-18-16-14-12-10-8-6-4-2/h5,7,11,13,17,19,23,25,61,64H,3-4,6,8-10,12,14-16,18,20-22,24,26-60H2,1-2H3/b7-5-,13-11-,19-17-,25-23-. The highest BCUT2D eigenvalue weighted by Gasteiger charge is 2.16. The monoisotopic (exact) mass is 953 g/mol. The summed E-state index contributed by atoms with van der Waals surface area (Å²) in [6.07, 6.45) is 78.2. The third-order valence-corrected chi connectivity index (χ3v) is 13.6. The second-order valence-corrected chi connectivity index (χ2v) is 20.4. The first kappa shape index (κ1) is 65.9. The summed E-state index contributed by atoms with van der Waals surface area (Å²) in [7, 11) is 0. The van der Waals surface area contributed by atoms with Crippen LogP contribution in [0.15, 0.2) is 48.6 Å². The Morgan fingerprint density at radius 2 is 0.632 bits per heavy atom. The first-order chi connectivity index (χ1) is 33.6. The van der Waals surface area contributed by atoms with Crippen LogP contribution in [0.3, 0.4) is 0 Å². The number of esters is 2. The van der Waals surface area contributed by atoms with Crippen LogP contribution in [0.5, 0.6) is 0 Å². The summed E-state index contributed by atoms with van der Waals surface area (Å²) in [6, 6.07) is 0. The van der Waals surface area contributed by atoms with Crippen LogP contribution < -0.4 is 0 Å². The molecule has 398 valence electrons. The van der Waals surface area contributed by atoms with Crippen LogP contribution >= 0.6 is 0 Å². The van der Waals surface area contributed by atoms with Gasteiger partial charge in [0.15, 0.2) is 6.10 Å². The lowest BCUT2D eigenvalue weighted by molar-refractivity contribution is -0.161. The lowest BCUT2D eigenvalue weighted by Gasteiger charge is -2.15. The van der Waals surface area contributed by atoms with Crippen molar-refractivity contribution in [2.24, 2.45) is 0 Å². The van der Waals surface area contributed by atoms with Gasteiger partial charge in [-0.2, -0.15) is 0 Å². The van der Waals surface area contributed by atoms with Gasteiger partial charge in [0.05, 0.1) is 6.61 Å². The van der Waals surface area contributed by atoms with Crippen molar-refractivity contribution in [1.82, 2.24) is 0 Å². The molecule has 0 aromatic heterocycles. The topological polar surface area (TPSA) is 72.8 Å². The van der Waals surface area contributed by atoms with Crippen molar-refractivity contribution < 1.29 is 24.2 Å². The Bertz CT molecular complexity index is 1120. The van der Waals surface area contributed by atoms with Gasteiger partial charge in [0.2, 0.25) is 0 Å². The number of carbonyl (C=O) groups excluding carboxylic acids is 2. The molecular weight excluding hydrogens is 837 g/mol. The predicted molar refractivity (Wildman–Crippen MR) is 297 cm³/mol. The van der Waals surface area contributed by atoms with E-state index in [4.69, 9.17) is 9.47 Å². The van der Waals surface area contributed by atoms with E-state index in [0.29, 0.717) is 12.8 Å². The maximum absolute atomic E-state index is 12.3. The summed E-state index contributed by atoms with van der Waals surface area (Å²) >= 11 is 0. The van der Waals surface area contributed by atoms with E-state index in [2.05, 4.69) is 62.5 Å². The Morgan fingerprint density at radius 3 is 0.956 bits per heavy atom. The van der Waals surface area contributed by atoms with E-state index in [-0.39, 0.29) is 25.2 Å². The summed E-state index contributed by atoms with van der Waals surface area (Å²) in [6.45, 7) is 4.08. The van der Waals surface area contributed by atoms with Crippen molar-refractivity contribution in [3.63, 3.8) is 0 Å². The number of aliphatic hydroxyl groups is 1. The number of carbonyl (C=O) groups is 2. The van der Waals surface area contributed by atoms with Gasteiger partial charge in [0, 0.05) is 12.8 Å². The Kier molecular flexibility index (Phi) is 57.3. The van der Waals surface area contributed by atoms with Crippen molar-refractivity contribution in [3.8, 4) is 0 Å². The SMILES string of the molecule is CC/C=C\C/C=C\C/C=C\C/C=C\CCCCCCCCCCCCCCCCCCCCCCC(=O)OC(CO)COC(=O)CCCCCCCCCCCCCCCCCCCCCCC. The van der Waals surface area contributed by atoms with Gasteiger partial charge < -0.3 is 14.6 Å². The highest BCUT2D eigenvalue weighted by Crippen LogP contribution is 2.18. The fourth-order valence-corrected chi connectivity index (χ4v) is 9.14. The number of rotatable bonds is 56. The van der Waals surface area contributed by atoms with Crippen LogP contribution in [0.2, 0.25) is 0 Å². The molecule has 0 aromatic carbocycles. The number of aliphatic hydroxyl groups excluding tert-OH is 1. The number of unbranched alkanes of at least 4 members (excludes halogenated alkanes) is 40. The van der Waals surface area contributed by atoms with Crippen LogP contribution in [0.25, 0.3) is 0 Å². The minimum absolute atomic E-state index is 0.0596. The Morgan fingerprint density at radius 1 is 0.353 bits per heavy atom. The number of hydrogen-bond donors (Lipinski definition) is 1. The summed E-state index contributed by atoms with van der Waals surface area (Å²) in [5.41, 5.74) is 0. The molecule has 0 rings (SSSR count). The molecule has 0 fully saturated rings. The highest BCUT2D eigenvalue weighted by molar-refractivity contribution is 5.70. The van der Waals surface area contributed by atoms with Gasteiger partial charge in [-0.1, -0.05) is 306 Å². The minimum Gasteiger partial charge on any atom is -0.462 e. The van der Waals surface area contributed by atoms with Crippen LogP contribution in [-0.4, -0.2) is 36.4 Å². The molecule has 1 N–H and O–H groups in total. The van der Waals surface area contributed by atoms with Gasteiger partial charge >= 0.3 is 11.9 Å². The lowest BCUT2D eigenvalue weighted by atomic mass is 10.0. The van der Waals surface area contributed by atoms with E-state index < -0.39 is 6.10 Å². The molecule has 68 heavy (non-hydrogen) atoms. The van der Waals surface area contributed by atoms with E-state index in [0.717, 1.165) is 57.8 Å². The molecule has 0 radical (unpaired) electrons. The second kappa shape index (κ2) is 59.2. The van der Waals surface area contributed by atoms with Crippen LogP contribution in [-0.2, 0) is 19.1 Å². The third-order valence-electron chi connectivity index (χ3n) is 13.6. The average molecular weight is 954 g/mol. The van der Waals surface area contributed by atoms with Gasteiger partial charge in [0.1, 0.15) is 6.61 Å². The Balaban J connectivity index is 3.41. The number of ether oxygens (including phenoxy) is 2. The van der Waals surface area contributed by atoms with Crippen molar-refractivity contribution >= 4 is 11.9 Å². The minimum atomic E-state index is -0.769. The molecule has 0 bridgehead atoms. The zero-order chi connectivity index (χ0) is 49.2. The molecule has 0 saturated carbocycles. The molecule has 1 unspecified atom stereocenters. The van der Waals surface area contributed by atoms with Gasteiger partial charge in [0.25, 0.3) is 0 Å². The predicted octanol–water partition coefficient (Wildman–Crippen LogP) is 20.4.